The molecule has 5 nitrogen and oxygen atoms in total. The fourth-order valence-corrected chi connectivity index (χ4v) is 5.28. The zero-order valence-corrected chi connectivity index (χ0v) is 16.5. The van der Waals surface area contributed by atoms with Crippen LogP contribution in [-0.4, -0.2) is 41.4 Å². The van der Waals surface area contributed by atoms with E-state index in [0.717, 1.165) is 36.7 Å². The van der Waals surface area contributed by atoms with Gasteiger partial charge in [0.15, 0.2) is 5.11 Å². The molecule has 3 heterocycles. The number of nitrogens with one attached hydrogen (secondary N) is 3. The number of amides is 1. The Morgan fingerprint density at radius 2 is 1.96 bits per heavy atom. The van der Waals surface area contributed by atoms with Gasteiger partial charge in [-0.3, -0.25) is 20.5 Å². The van der Waals surface area contributed by atoms with Crippen LogP contribution in [0.4, 0.5) is 0 Å². The van der Waals surface area contributed by atoms with Crippen molar-refractivity contribution in [3.8, 4) is 0 Å². The van der Waals surface area contributed by atoms with E-state index in [9.17, 15) is 4.79 Å². The molecule has 3 aliphatic heterocycles. The molecule has 4 rings (SSSR count). The van der Waals surface area contributed by atoms with Crippen LogP contribution in [-0.2, 0) is 10.5 Å². The van der Waals surface area contributed by atoms with Gasteiger partial charge in [0.2, 0.25) is 5.91 Å². The smallest absolute Gasteiger partial charge is 0.244 e. The van der Waals surface area contributed by atoms with Crippen LogP contribution < -0.4 is 16.2 Å². The molecule has 3 saturated heterocycles. The number of fused-ring (bicyclic) bond motifs is 3. The molecule has 1 aromatic carbocycles. The van der Waals surface area contributed by atoms with Crippen LogP contribution in [0.25, 0.3) is 0 Å². The zero-order valence-electron chi connectivity index (χ0n) is 14.1. The van der Waals surface area contributed by atoms with Gasteiger partial charge in [0.25, 0.3) is 0 Å². The number of carbonyl (C=O) groups excluding carboxylic acids is 1. The fourth-order valence-electron chi connectivity index (χ4n) is 3.57. The Labute approximate surface area is 163 Å². The van der Waals surface area contributed by atoms with Gasteiger partial charge in [-0.05, 0) is 61.8 Å². The number of rotatable bonds is 4. The van der Waals surface area contributed by atoms with Crippen LogP contribution in [0.3, 0.4) is 0 Å². The van der Waals surface area contributed by atoms with Gasteiger partial charge in [0.05, 0.1) is 11.3 Å². The molecule has 3 aliphatic rings. The topological polar surface area (TPSA) is 56.4 Å². The van der Waals surface area contributed by atoms with Crippen molar-refractivity contribution in [2.24, 2.45) is 11.8 Å². The van der Waals surface area contributed by atoms with E-state index in [1.165, 1.54) is 5.56 Å². The molecule has 3 N–H and O–H groups in total. The molecular formula is C17H23ClN4OS2. The van der Waals surface area contributed by atoms with Gasteiger partial charge in [0.1, 0.15) is 0 Å². The number of hydrogen-bond donors (Lipinski definition) is 3. The van der Waals surface area contributed by atoms with Gasteiger partial charge in [-0.2, -0.15) is 0 Å². The summed E-state index contributed by atoms with van der Waals surface area (Å²) in [6, 6.07) is 7.93. The highest BCUT2D eigenvalue weighted by molar-refractivity contribution is 7.99. The predicted octanol–water partition coefficient (Wildman–Crippen LogP) is 2.37. The Morgan fingerprint density at radius 1 is 1.28 bits per heavy atom. The van der Waals surface area contributed by atoms with Crippen molar-refractivity contribution in [1.82, 2.24) is 21.1 Å². The van der Waals surface area contributed by atoms with E-state index in [-0.39, 0.29) is 17.2 Å². The number of halogens is 1. The fraction of sp³-hybridized carbons (Fsp3) is 0.529. The number of hydrazine groups is 1. The first-order chi connectivity index (χ1) is 12.1. The van der Waals surface area contributed by atoms with Crippen LogP contribution in [0.2, 0.25) is 5.02 Å². The molecule has 1 amide bonds. The van der Waals surface area contributed by atoms with Gasteiger partial charge < -0.3 is 5.32 Å². The van der Waals surface area contributed by atoms with Crippen molar-refractivity contribution in [3.63, 3.8) is 0 Å². The molecule has 0 spiro atoms. The zero-order chi connectivity index (χ0) is 17.8. The van der Waals surface area contributed by atoms with Gasteiger partial charge >= 0.3 is 0 Å². The molecule has 3 fully saturated rings. The summed E-state index contributed by atoms with van der Waals surface area (Å²) in [5.74, 6) is 1.32. The Bertz CT molecular complexity index is 620. The lowest BCUT2D eigenvalue weighted by Gasteiger charge is -2.49. The normalized spacial score (nSPS) is 27.6. The SMILES string of the molecule is CNC(=S)NNC(=O)[C@@H]1C2CCN(CC2)[C@@H]1SCc1ccc(Cl)cc1. The van der Waals surface area contributed by atoms with E-state index >= 15 is 0 Å². The average molecular weight is 399 g/mol. The van der Waals surface area contributed by atoms with E-state index in [1.54, 1.807) is 7.05 Å². The largest absolute Gasteiger partial charge is 0.364 e. The average Bonchev–Trinajstić information content (AvgIpc) is 2.65. The third-order valence-electron chi connectivity index (χ3n) is 4.91. The summed E-state index contributed by atoms with van der Waals surface area (Å²) in [6.45, 7) is 2.16. The van der Waals surface area contributed by atoms with Crippen molar-refractivity contribution < 1.29 is 4.79 Å². The maximum Gasteiger partial charge on any atom is 0.244 e. The number of hydrogen-bond acceptors (Lipinski definition) is 4. The highest BCUT2D eigenvalue weighted by Gasteiger charge is 2.46. The number of thioether (sulfide) groups is 1. The third kappa shape index (κ3) is 4.58. The maximum absolute atomic E-state index is 12.8. The lowest BCUT2D eigenvalue weighted by molar-refractivity contribution is -0.132. The van der Waals surface area contributed by atoms with Crippen LogP contribution in [0.15, 0.2) is 24.3 Å². The molecular weight excluding hydrogens is 376 g/mol. The second-order valence-corrected chi connectivity index (χ2v) is 8.37. The number of thiocarbonyl (C=S) groups is 1. The summed E-state index contributed by atoms with van der Waals surface area (Å²) in [7, 11) is 1.72. The Morgan fingerprint density at radius 3 is 2.60 bits per heavy atom. The van der Waals surface area contributed by atoms with Crippen LogP contribution >= 0.6 is 35.6 Å². The molecule has 2 atom stereocenters. The van der Waals surface area contributed by atoms with Crippen molar-refractivity contribution >= 4 is 46.6 Å². The summed E-state index contributed by atoms with van der Waals surface area (Å²) in [6.07, 6.45) is 2.18. The van der Waals surface area contributed by atoms with E-state index in [0.29, 0.717) is 11.0 Å². The third-order valence-corrected chi connectivity index (χ3v) is 6.90. The van der Waals surface area contributed by atoms with Gasteiger partial charge in [-0.25, -0.2) is 0 Å². The van der Waals surface area contributed by atoms with E-state index in [4.69, 9.17) is 23.8 Å². The van der Waals surface area contributed by atoms with Crippen molar-refractivity contribution in [2.45, 2.75) is 24.0 Å². The minimum atomic E-state index is -0.0213. The number of nitrogens with zero attached hydrogens (tertiary/aromatic N) is 1. The van der Waals surface area contributed by atoms with E-state index in [1.807, 2.05) is 36.0 Å². The maximum atomic E-state index is 12.8. The Balaban J connectivity index is 1.65. The standard InChI is InChI=1S/C17H23ClN4OS2/c1-19-17(24)21-20-15(23)14-12-6-8-22(9-7-12)16(14)25-10-11-2-4-13(18)5-3-11/h2-5,12,14,16H,6-10H2,1H3,(H,20,23)(H2,19,21,24)/t14-,16+/m0/s1. The number of benzene rings is 1. The molecule has 1 aromatic rings. The summed E-state index contributed by atoms with van der Waals surface area (Å²) in [4.78, 5) is 15.2. The molecule has 25 heavy (non-hydrogen) atoms. The van der Waals surface area contributed by atoms with Crippen molar-refractivity contribution in [1.29, 1.82) is 0 Å². The monoisotopic (exact) mass is 398 g/mol. The first-order valence-corrected chi connectivity index (χ1v) is 10.3. The second-order valence-electron chi connectivity index (χ2n) is 6.42. The summed E-state index contributed by atoms with van der Waals surface area (Å²) < 4.78 is 0. The Hall–Kier alpha value is -1.02. The highest BCUT2D eigenvalue weighted by Crippen LogP contribution is 2.42. The molecule has 0 unspecified atom stereocenters. The minimum absolute atomic E-state index is 0.0213. The molecule has 2 bridgehead atoms. The lowest BCUT2D eigenvalue weighted by Crippen LogP contribution is -2.60. The summed E-state index contributed by atoms with van der Waals surface area (Å²) in [5.41, 5.74) is 6.77. The quantitative estimate of drug-likeness (QED) is 0.534. The van der Waals surface area contributed by atoms with Gasteiger partial charge in [-0.15, -0.1) is 11.8 Å². The molecule has 0 radical (unpaired) electrons. The lowest BCUT2D eigenvalue weighted by atomic mass is 9.78. The molecule has 8 heteroatoms. The summed E-state index contributed by atoms with van der Waals surface area (Å²) in [5, 5.41) is 4.17. The first-order valence-electron chi connectivity index (χ1n) is 8.46. The molecule has 0 saturated carbocycles. The molecule has 0 aromatic heterocycles. The first kappa shape index (κ1) is 18.8. The van der Waals surface area contributed by atoms with Gasteiger partial charge in [-0.1, -0.05) is 23.7 Å². The van der Waals surface area contributed by atoms with Crippen molar-refractivity contribution in [2.75, 3.05) is 20.1 Å². The highest BCUT2D eigenvalue weighted by atomic mass is 35.5. The van der Waals surface area contributed by atoms with E-state index in [2.05, 4.69) is 21.1 Å². The van der Waals surface area contributed by atoms with Crippen molar-refractivity contribution in [3.05, 3.63) is 34.9 Å². The van der Waals surface area contributed by atoms with E-state index < -0.39 is 0 Å². The van der Waals surface area contributed by atoms with Crippen LogP contribution in [0.5, 0.6) is 0 Å². The number of piperidine rings is 3. The van der Waals surface area contributed by atoms with Crippen LogP contribution in [0, 0.1) is 11.8 Å². The second kappa shape index (κ2) is 8.58. The van der Waals surface area contributed by atoms with Crippen LogP contribution in [0.1, 0.15) is 18.4 Å². The Kier molecular flexibility index (Phi) is 6.44. The summed E-state index contributed by atoms with van der Waals surface area (Å²) >= 11 is 12.8. The van der Waals surface area contributed by atoms with Gasteiger partial charge in [0, 0.05) is 17.8 Å². The molecule has 136 valence electrons. The number of carbonyl (C=O) groups is 1. The predicted molar refractivity (Wildman–Crippen MR) is 107 cm³/mol. The molecule has 0 aliphatic carbocycles. The minimum Gasteiger partial charge on any atom is -0.364 e.